The van der Waals surface area contributed by atoms with E-state index in [9.17, 15) is 14.4 Å². The zero-order valence-electron chi connectivity index (χ0n) is 13.1. The summed E-state index contributed by atoms with van der Waals surface area (Å²) in [6.45, 7) is 5.87. The molecule has 1 heterocycles. The molecule has 21 heavy (non-hydrogen) atoms. The van der Waals surface area contributed by atoms with Crippen LogP contribution in [-0.4, -0.2) is 65.7 Å². The summed E-state index contributed by atoms with van der Waals surface area (Å²) in [5.74, 6) is -0.676. The number of amides is 2. The summed E-state index contributed by atoms with van der Waals surface area (Å²) in [5, 5.41) is 9.10. The quantitative estimate of drug-likeness (QED) is 0.791. The van der Waals surface area contributed by atoms with Gasteiger partial charge in [-0.05, 0) is 12.8 Å². The van der Waals surface area contributed by atoms with E-state index in [1.807, 2.05) is 0 Å². The molecule has 7 nitrogen and oxygen atoms in total. The lowest BCUT2D eigenvalue weighted by Crippen LogP contribution is -2.55. The summed E-state index contributed by atoms with van der Waals surface area (Å²) in [5.41, 5.74) is -0.639. The number of esters is 1. The molecule has 7 heteroatoms. The smallest absolute Gasteiger partial charge is 0.407 e. The lowest BCUT2D eigenvalue weighted by atomic mass is 9.92. The Morgan fingerprint density at radius 1 is 1.33 bits per heavy atom. The Labute approximate surface area is 124 Å². The number of carboxylic acid groups (broad SMARTS) is 1. The van der Waals surface area contributed by atoms with Gasteiger partial charge in [-0.3, -0.25) is 9.59 Å². The molecule has 0 aromatic rings. The topological polar surface area (TPSA) is 87.2 Å². The third kappa shape index (κ3) is 4.61. The van der Waals surface area contributed by atoms with Crippen LogP contribution in [0.4, 0.5) is 4.79 Å². The summed E-state index contributed by atoms with van der Waals surface area (Å²) in [7, 11) is 1.27. The Hall–Kier alpha value is -1.79. The molecule has 0 aromatic carbocycles. The predicted octanol–water partition coefficient (Wildman–Crippen LogP) is 1.18. The minimum atomic E-state index is -0.999. The molecule has 1 aliphatic rings. The first-order chi connectivity index (χ1) is 9.66. The van der Waals surface area contributed by atoms with E-state index in [2.05, 4.69) is 4.74 Å². The maximum absolute atomic E-state index is 12.5. The molecule has 1 rings (SSSR count). The average molecular weight is 300 g/mol. The summed E-state index contributed by atoms with van der Waals surface area (Å²) in [4.78, 5) is 38.0. The molecule has 1 N–H and O–H groups in total. The zero-order chi connectivity index (χ0) is 16.2. The van der Waals surface area contributed by atoms with Gasteiger partial charge in [-0.2, -0.15) is 0 Å². The van der Waals surface area contributed by atoms with E-state index in [4.69, 9.17) is 5.11 Å². The molecule has 2 amide bonds. The summed E-state index contributed by atoms with van der Waals surface area (Å²) >= 11 is 0. The van der Waals surface area contributed by atoms with Crippen LogP contribution in [0.5, 0.6) is 0 Å². The molecule has 0 aromatic heterocycles. The minimum Gasteiger partial charge on any atom is -0.468 e. The van der Waals surface area contributed by atoms with Crippen molar-refractivity contribution in [3.63, 3.8) is 0 Å². The Morgan fingerprint density at radius 3 is 2.43 bits per heavy atom. The first kappa shape index (κ1) is 17.3. The molecule has 0 radical (unpaired) electrons. The number of ether oxygens (including phenoxy) is 1. The van der Waals surface area contributed by atoms with Crippen LogP contribution in [0, 0.1) is 5.41 Å². The van der Waals surface area contributed by atoms with Gasteiger partial charge < -0.3 is 19.6 Å². The third-order valence-corrected chi connectivity index (χ3v) is 3.54. The SMILES string of the molecule is COC(=O)CN(C(=O)C(C)(C)C)C1CCCN(C(=O)O)C1. The monoisotopic (exact) mass is 300 g/mol. The molecule has 0 saturated carbocycles. The second kappa shape index (κ2) is 6.78. The summed E-state index contributed by atoms with van der Waals surface area (Å²) in [6.07, 6.45) is 0.357. The third-order valence-electron chi connectivity index (χ3n) is 3.54. The van der Waals surface area contributed by atoms with Gasteiger partial charge in [0.25, 0.3) is 0 Å². The second-order valence-corrected chi connectivity index (χ2v) is 6.28. The fourth-order valence-electron chi connectivity index (χ4n) is 2.38. The highest BCUT2D eigenvalue weighted by atomic mass is 16.5. The molecule has 0 bridgehead atoms. The van der Waals surface area contributed by atoms with Gasteiger partial charge in [0.15, 0.2) is 0 Å². The molecule has 120 valence electrons. The Balaban J connectivity index is 2.92. The number of hydrogen-bond donors (Lipinski definition) is 1. The molecule has 1 unspecified atom stereocenters. The highest BCUT2D eigenvalue weighted by Crippen LogP contribution is 2.23. The Morgan fingerprint density at radius 2 is 1.95 bits per heavy atom. The van der Waals surface area contributed by atoms with Crippen molar-refractivity contribution < 1.29 is 24.2 Å². The molecule has 1 atom stereocenters. The van der Waals surface area contributed by atoms with Crippen molar-refractivity contribution in [1.82, 2.24) is 9.80 Å². The van der Waals surface area contributed by atoms with E-state index >= 15 is 0 Å². The molecule has 0 spiro atoms. The largest absolute Gasteiger partial charge is 0.468 e. The van der Waals surface area contributed by atoms with Crippen LogP contribution in [0.1, 0.15) is 33.6 Å². The van der Waals surface area contributed by atoms with Gasteiger partial charge in [0.2, 0.25) is 5.91 Å². The molecular formula is C14H24N2O5. The Bertz CT molecular complexity index is 416. The van der Waals surface area contributed by atoms with Gasteiger partial charge >= 0.3 is 12.1 Å². The van der Waals surface area contributed by atoms with Crippen LogP contribution in [-0.2, 0) is 14.3 Å². The minimum absolute atomic E-state index is 0.148. The predicted molar refractivity (Wildman–Crippen MR) is 75.8 cm³/mol. The van der Waals surface area contributed by atoms with Gasteiger partial charge in [-0.15, -0.1) is 0 Å². The lowest BCUT2D eigenvalue weighted by molar-refractivity contribution is -0.153. The second-order valence-electron chi connectivity index (χ2n) is 6.28. The number of likely N-dealkylation sites (tertiary alicyclic amines) is 1. The number of methoxy groups -OCH3 is 1. The van der Waals surface area contributed by atoms with Gasteiger partial charge in [0.1, 0.15) is 6.54 Å². The van der Waals surface area contributed by atoms with Crippen LogP contribution >= 0.6 is 0 Å². The van der Waals surface area contributed by atoms with Crippen LogP contribution in [0.3, 0.4) is 0 Å². The van der Waals surface area contributed by atoms with Crippen molar-refractivity contribution in [2.45, 2.75) is 39.7 Å². The molecule has 1 aliphatic heterocycles. The Kier molecular flexibility index (Phi) is 5.57. The number of carbonyl (C=O) groups excluding carboxylic acids is 2. The molecule has 1 saturated heterocycles. The average Bonchev–Trinajstić information content (AvgIpc) is 2.42. The normalized spacial score (nSPS) is 19.0. The highest BCUT2D eigenvalue weighted by Gasteiger charge is 2.36. The van der Waals surface area contributed by atoms with Crippen LogP contribution < -0.4 is 0 Å². The zero-order valence-corrected chi connectivity index (χ0v) is 13.1. The van der Waals surface area contributed by atoms with E-state index in [0.29, 0.717) is 19.4 Å². The molecule has 1 fully saturated rings. The maximum Gasteiger partial charge on any atom is 0.407 e. The molecule has 0 aliphatic carbocycles. The van der Waals surface area contributed by atoms with Crippen molar-refractivity contribution in [2.75, 3.05) is 26.7 Å². The van der Waals surface area contributed by atoms with Crippen LogP contribution in [0.2, 0.25) is 0 Å². The lowest BCUT2D eigenvalue weighted by Gasteiger charge is -2.40. The number of nitrogens with zero attached hydrogens (tertiary/aromatic N) is 2. The number of hydrogen-bond acceptors (Lipinski definition) is 4. The van der Waals surface area contributed by atoms with Gasteiger partial charge in [-0.1, -0.05) is 20.8 Å². The maximum atomic E-state index is 12.5. The van der Waals surface area contributed by atoms with Gasteiger partial charge in [-0.25, -0.2) is 4.79 Å². The summed E-state index contributed by atoms with van der Waals surface area (Å²) in [6, 6.07) is -0.291. The van der Waals surface area contributed by atoms with Crippen molar-refractivity contribution >= 4 is 18.0 Å². The van der Waals surface area contributed by atoms with Gasteiger partial charge in [0, 0.05) is 18.5 Å². The first-order valence-electron chi connectivity index (χ1n) is 7.02. The highest BCUT2D eigenvalue weighted by molar-refractivity contribution is 5.86. The van der Waals surface area contributed by atoms with Gasteiger partial charge in [0.05, 0.1) is 13.2 Å². The van der Waals surface area contributed by atoms with E-state index in [1.165, 1.54) is 16.9 Å². The number of piperidine rings is 1. The molecular weight excluding hydrogens is 276 g/mol. The van der Waals surface area contributed by atoms with E-state index < -0.39 is 17.5 Å². The fourth-order valence-corrected chi connectivity index (χ4v) is 2.38. The number of carbonyl (C=O) groups is 3. The van der Waals surface area contributed by atoms with Crippen LogP contribution in [0.25, 0.3) is 0 Å². The van der Waals surface area contributed by atoms with E-state index in [1.54, 1.807) is 20.8 Å². The van der Waals surface area contributed by atoms with Crippen molar-refractivity contribution in [3.8, 4) is 0 Å². The summed E-state index contributed by atoms with van der Waals surface area (Å²) < 4.78 is 4.65. The van der Waals surface area contributed by atoms with Crippen LogP contribution in [0.15, 0.2) is 0 Å². The fraction of sp³-hybridized carbons (Fsp3) is 0.786. The number of rotatable bonds is 3. The first-order valence-corrected chi connectivity index (χ1v) is 7.02. The van der Waals surface area contributed by atoms with Crippen molar-refractivity contribution in [3.05, 3.63) is 0 Å². The van der Waals surface area contributed by atoms with Crippen molar-refractivity contribution in [1.29, 1.82) is 0 Å². The van der Waals surface area contributed by atoms with E-state index in [-0.39, 0.29) is 25.0 Å². The van der Waals surface area contributed by atoms with E-state index in [0.717, 1.165) is 0 Å². The van der Waals surface area contributed by atoms with Crippen molar-refractivity contribution in [2.24, 2.45) is 5.41 Å². The standard InChI is InChI=1S/C14H24N2O5/c1-14(2,3)12(18)16(9-11(17)21-4)10-6-5-7-15(8-10)13(19)20/h10H,5-9H2,1-4H3,(H,19,20).